The number of carbonyl (C=O) groups excluding carboxylic acids is 1. The zero-order valence-corrected chi connectivity index (χ0v) is 11.6. The molecule has 20 heavy (non-hydrogen) atoms. The highest BCUT2D eigenvalue weighted by molar-refractivity contribution is 5.85. The summed E-state index contributed by atoms with van der Waals surface area (Å²) in [5.41, 5.74) is -0.184. The Hall–Kier alpha value is -2.62. The Kier molecular flexibility index (Phi) is 5.03. The number of hydrogen-bond acceptors (Lipinski definition) is 5. The van der Waals surface area contributed by atoms with E-state index in [1.54, 1.807) is 20.0 Å². The van der Waals surface area contributed by atoms with Crippen molar-refractivity contribution in [1.82, 2.24) is 4.90 Å². The van der Waals surface area contributed by atoms with Crippen LogP contribution in [0.25, 0.3) is 0 Å². The van der Waals surface area contributed by atoms with E-state index in [2.05, 4.69) is 5.32 Å². The van der Waals surface area contributed by atoms with E-state index in [0.717, 1.165) is 0 Å². The maximum Gasteiger partial charge on any atom is 0.309 e. The summed E-state index contributed by atoms with van der Waals surface area (Å²) in [6.45, 7) is 4.01. The Bertz CT molecular complexity index is 565. The number of likely N-dealkylation sites (N-methyl/N-ethyl adjacent to an activating group) is 1. The molecule has 0 fully saturated rings. The summed E-state index contributed by atoms with van der Waals surface area (Å²) in [5, 5.41) is 22.8. The fraction of sp³-hybridized carbons (Fsp3) is 0.385. The summed E-state index contributed by atoms with van der Waals surface area (Å²) in [5.74, 6) is -0.177. The van der Waals surface area contributed by atoms with Gasteiger partial charge >= 0.3 is 5.69 Å². The lowest BCUT2D eigenvalue weighted by molar-refractivity contribution is -0.384. The van der Waals surface area contributed by atoms with Crippen LogP contribution in [0.4, 0.5) is 11.4 Å². The highest BCUT2D eigenvalue weighted by Crippen LogP contribution is 2.28. The minimum absolute atomic E-state index is 0.0384. The van der Waals surface area contributed by atoms with Gasteiger partial charge in [-0.1, -0.05) is 6.07 Å². The van der Waals surface area contributed by atoms with E-state index >= 15 is 0 Å². The van der Waals surface area contributed by atoms with Gasteiger partial charge in [0.25, 0.3) is 0 Å². The first-order valence-electron chi connectivity index (χ1n) is 6.11. The number of nitrogens with zero attached hydrogens (tertiary/aromatic N) is 3. The zero-order chi connectivity index (χ0) is 15.3. The van der Waals surface area contributed by atoms with Crippen molar-refractivity contribution in [3.05, 3.63) is 33.9 Å². The fourth-order valence-corrected chi connectivity index (χ4v) is 1.73. The van der Waals surface area contributed by atoms with E-state index < -0.39 is 11.0 Å². The molecule has 0 radical (unpaired) electrons. The average molecular weight is 276 g/mol. The second-order valence-electron chi connectivity index (χ2n) is 4.29. The third-order valence-corrected chi connectivity index (χ3v) is 2.93. The number of para-hydroxylation sites is 1. The zero-order valence-electron chi connectivity index (χ0n) is 11.6. The van der Waals surface area contributed by atoms with Gasteiger partial charge in [-0.05, 0) is 26.0 Å². The van der Waals surface area contributed by atoms with Gasteiger partial charge in [0.1, 0.15) is 23.4 Å². The van der Waals surface area contributed by atoms with Gasteiger partial charge in [0, 0.05) is 13.6 Å². The highest BCUT2D eigenvalue weighted by atomic mass is 16.6. The number of carbonyl (C=O) groups is 1. The third kappa shape index (κ3) is 3.23. The average Bonchev–Trinajstić information content (AvgIpc) is 2.44. The van der Waals surface area contributed by atoms with Crippen molar-refractivity contribution in [1.29, 1.82) is 5.26 Å². The van der Waals surface area contributed by atoms with Crippen molar-refractivity contribution in [3.63, 3.8) is 0 Å². The van der Waals surface area contributed by atoms with Crippen LogP contribution >= 0.6 is 0 Å². The topological polar surface area (TPSA) is 99.3 Å². The van der Waals surface area contributed by atoms with Crippen LogP contribution in [-0.4, -0.2) is 35.4 Å². The van der Waals surface area contributed by atoms with Crippen LogP contribution in [0.1, 0.15) is 19.4 Å². The number of benzene rings is 1. The molecule has 1 aromatic rings. The minimum atomic E-state index is -0.623. The predicted octanol–water partition coefficient (Wildman–Crippen LogP) is 1.75. The van der Waals surface area contributed by atoms with Crippen LogP contribution in [0.15, 0.2) is 18.2 Å². The monoisotopic (exact) mass is 276 g/mol. The molecule has 0 saturated heterocycles. The van der Waals surface area contributed by atoms with E-state index in [1.807, 2.05) is 6.92 Å². The second kappa shape index (κ2) is 6.52. The number of nitro benzene ring substituents is 1. The molecule has 0 aliphatic carbocycles. The molecule has 1 atom stereocenters. The van der Waals surface area contributed by atoms with Gasteiger partial charge in [0.15, 0.2) is 0 Å². The van der Waals surface area contributed by atoms with Gasteiger partial charge in [-0.25, -0.2) is 0 Å². The lowest BCUT2D eigenvalue weighted by Crippen LogP contribution is -2.38. The summed E-state index contributed by atoms with van der Waals surface area (Å²) in [6, 6.07) is 5.54. The van der Waals surface area contributed by atoms with Crippen LogP contribution in [-0.2, 0) is 4.79 Å². The molecule has 0 aromatic heterocycles. The van der Waals surface area contributed by atoms with Crippen molar-refractivity contribution in [2.24, 2.45) is 0 Å². The summed E-state index contributed by atoms with van der Waals surface area (Å²) in [4.78, 5) is 23.9. The van der Waals surface area contributed by atoms with E-state index in [-0.39, 0.29) is 22.8 Å². The molecule has 0 saturated carbocycles. The summed E-state index contributed by atoms with van der Waals surface area (Å²) in [7, 11) is 1.65. The van der Waals surface area contributed by atoms with Gasteiger partial charge in [0.2, 0.25) is 5.91 Å². The number of hydrogen-bond donors (Lipinski definition) is 1. The molecular weight excluding hydrogens is 260 g/mol. The number of nitro groups is 1. The van der Waals surface area contributed by atoms with Crippen molar-refractivity contribution < 1.29 is 9.72 Å². The predicted molar refractivity (Wildman–Crippen MR) is 74.2 cm³/mol. The summed E-state index contributed by atoms with van der Waals surface area (Å²) < 4.78 is 0. The molecule has 0 heterocycles. The number of amides is 1. The van der Waals surface area contributed by atoms with E-state index in [9.17, 15) is 14.9 Å². The van der Waals surface area contributed by atoms with Crippen molar-refractivity contribution in [2.75, 3.05) is 18.9 Å². The molecule has 0 aliphatic heterocycles. The molecule has 1 unspecified atom stereocenters. The summed E-state index contributed by atoms with van der Waals surface area (Å²) >= 11 is 0. The molecule has 1 amide bonds. The van der Waals surface area contributed by atoms with Gasteiger partial charge in [0.05, 0.1) is 4.92 Å². The van der Waals surface area contributed by atoms with Crippen molar-refractivity contribution in [2.45, 2.75) is 19.9 Å². The van der Waals surface area contributed by atoms with E-state index in [0.29, 0.717) is 6.54 Å². The maximum absolute atomic E-state index is 11.9. The van der Waals surface area contributed by atoms with Crippen molar-refractivity contribution >= 4 is 17.3 Å². The number of rotatable bonds is 5. The molecule has 0 spiro atoms. The molecule has 106 valence electrons. The molecule has 1 aromatic carbocycles. The first-order valence-corrected chi connectivity index (χ1v) is 6.11. The molecule has 7 heteroatoms. The van der Waals surface area contributed by atoms with Gasteiger partial charge in [-0.15, -0.1) is 0 Å². The molecule has 7 nitrogen and oxygen atoms in total. The minimum Gasteiger partial charge on any atom is -0.368 e. The van der Waals surface area contributed by atoms with Crippen molar-refractivity contribution in [3.8, 4) is 6.07 Å². The normalized spacial score (nSPS) is 11.3. The lowest BCUT2D eigenvalue weighted by atomic mass is 10.1. The van der Waals surface area contributed by atoms with Gasteiger partial charge < -0.3 is 10.2 Å². The Morgan fingerprint density at radius 1 is 1.60 bits per heavy atom. The van der Waals surface area contributed by atoms with Gasteiger partial charge in [-0.3, -0.25) is 14.9 Å². The first-order chi connectivity index (χ1) is 9.42. The van der Waals surface area contributed by atoms with Crippen LogP contribution in [0.3, 0.4) is 0 Å². The lowest BCUT2D eigenvalue weighted by Gasteiger charge is -2.21. The second-order valence-corrected chi connectivity index (χ2v) is 4.29. The largest absolute Gasteiger partial charge is 0.368 e. The van der Waals surface area contributed by atoms with Crippen LogP contribution in [0.2, 0.25) is 0 Å². The van der Waals surface area contributed by atoms with Gasteiger partial charge in [-0.2, -0.15) is 5.26 Å². The smallest absolute Gasteiger partial charge is 0.309 e. The Morgan fingerprint density at radius 2 is 2.25 bits per heavy atom. The summed E-state index contributed by atoms with van der Waals surface area (Å²) in [6.07, 6.45) is 0. The molecule has 1 N–H and O–H groups in total. The third-order valence-electron chi connectivity index (χ3n) is 2.93. The standard InChI is InChI=1S/C13H16N4O3/c1-4-16(3)13(18)9(2)15-11-7-5-6-10(8-14)12(11)17(19)20/h5-7,9,15H,4H2,1-3H3. The number of nitriles is 1. The molecular formula is C13H16N4O3. The highest BCUT2D eigenvalue weighted by Gasteiger charge is 2.23. The Balaban J connectivity index is 3.07. The first kappa shape index (κ1) is 15.4. The van der Waals surface area contributed by atoms with E-state index in [4.69, 9.17) is 5.26 Å². The maximum atomic E-state index is 11.9. The van der Waals surface area contributed by atoms with Crippen LogP contribution < -0.4 is 5.32 Å². The molecule has 1 rings (SSSR count). The Labute approximate surface area is 117 Å². The van der Waals surface area contributed by atoms with Crippen LogP contribution in [0.5, 0.6) is 0 Å². The number of anilines is 1. The Morgan fingerprint density at radius 3 is 2.75 bits per heavy atom. The quantitative estimate of drug-likeness (QED) is 0.652. The molecule has 0 aliphatic rings. The number of nitrogens with one attached hydrogen (secondary N) is 1. The van der Waals surface area contributed by atoms with E-state index in [1.165, 1.54) is 23.1 Å². The fourth-order valence-electron chi connectivity index (χ4n) is 1.73. The van der Waals surface area contributed by atoms with Crippen LogP contribution in [0, 0.1) is 21.4 Å². The molecule has 0 bridgehead atoms. The SMILES string of the molecule is CCN(C)C(=O)C(C)Nc1cccc(C#N)c1[N+](=O)[O-].